The van der Waals surface area contributed by atoms with Gasteiger partial charge in [0.25, 0.3) is 0 Å². The molecule has 0 rings (SSSR count). The minimum absolute atomic E-state index is 0. The van der Waals surface area contributed by atoms with Gasteiger partial charge in [-0.1, -0.05) is 4.39 Å². The first kappa shape index (κ1) is 9.76. The van der Waals surface area contributed by atoms with Gasteiger partial charge in [-0.25, -0.2) is 0 Å². The van der Waals surface area contributed by atoms with Crippen LogP contribution < -0.4 is 0 Å². The van der Waals surface area contributed by atoms with Crippen molar-refractivity contribution in [1.29, 1.82) is 0 Å². The number of hydrogen-bond donors (Lipinski definition) is 0. The van der Waals surface area contributed by atoms with Crippen molar-refractivity contribution in [3.8, 4) is 0 Å². The molecule has 2 nitrogen and oxygen atoms in total. The Kier molecular flexibility index (Phi) is 9.05. The van der Waals surface area contributed by atoms with Crippen molar-refractivity contribution >= 4 is 30.3 Å². The van der Waals surface area contributed by atoms with Gasteiger partial charge in [0, 0.05) is 0 Å². The molecule has 34 valence electrons. The Balaban J connectivity index is 0. The van der Waals surface area contributed by atoms with E-state index in [0.717, 1.165) is 0 Å². The molecule has 0 aliphatic heterocycles. The molecule has 0 aromatic carbocycles. The quantitative estimate of drug-likeness (QED) is 0.344. The fraction of sp³-hybridized carbons (Fsp3) is 0. The Bertz CT molecular complexity index is 46.8. The van der Waals surface area contributed by atoms with E-state index < -0.39 is 11.5 Å². The molecule has 0 fully saturated rings. The normalized spacial score (nSPS) is 12.3. The first-order valence-corrected chi connectivity index (χ1v) is 1.62. The van der Waals surface area contributed by atoms with Crippen molar-refractivity contribution in [1.82, 2.24) is 0 Å². The van der Waals surface area contributed by atoms with E-state index in [4.69, 9.17) is 4.21 Å². The van der Waals surface area contributed by atoms with Gasteiger partial charge < -0.3 is 0 Å². The summed E-state index contributed by atoms with van der Waals surface area (Å²) in [5, 5.41) is 0. The summed E-state index contributed by atoms with van der Waals surface area (Å²) >= 11 is -3.24. The second kappa shape index (κ2) is 5.57. The van der Waals surface area contributed by atoms with Crippen LogP contribution in [0.4, 0.5) is 8.41 Å². The van der Waals surface area contributed by atoms with Crippen molar-refractivity contribution in [2.75, 3.05) is 0 Å². The van der Waals surface area contributed by atoms with E-state index in [0.29, 0.717) is 0 Å². The molecule has 0 spiro atoms. The van der Waals surface area contributed by atoms with Gasteiger partial charge in [-0.05, 0) is 4.53 Å². The molecular weight excluding hydrogens is 109 g/mol. The van der Waals surface area contributed by atoms with Gasteiger partial charge in [-0.3, -0.25) is 0 Å². The average Bonchev–Trinajstić information content (AvgIpc) is 1.38. The van der Waals surface area contributed by atoms with Crippen molar-refractivity contribution in [3.63, 3.8) is 0 Å². The SMILES string of the molecule is O=S(F)OF.[LiH]. The van der Waals surface area contributed by atoms with Gasteiger partial charge in [-0.2, -0.15) is 4.21 Å². The van der Waals surface area contributed by atoms with Crippen LogP contribution in [0.2, 0.25) is 0 Å². The molecule has 0 saturated carbocycles. The van der Waals surface area contributed by atoms with Crippen molar-refractivity contribution in [2.24, 2.45) is 0 Å². The van der Waals surface area contributed by atoms with E-state index in [2.05, 4.69) is 4.39 Å². The van der Waals surface area contributed by atoms with Gasteiger partial charge in [0.1, 0.15) is 0 Å². The third kappa shape index (κ3) is 8.82. The summed E-state index contributed by atoms with van der Waals surface area (Å²) in [5.41, 5.74) is 0. The van der Waals surface area contributed by atoms with Crippen molar-refractivity contribution in [3.05, 3.63) is 0 Å². The van der Waals surface area contributed by atoms with Crippen LogP contribution in [0.15, 0.2) is 0 Å². The molecule has 0 aromatic rings. The molecule has 6 heteroatoms. The third-order valence-corrected chi connectivity index (χ3v) is 0.149. The second-order valence-electron chi connectivity index (χ2n) is 0.257. The third-order valence-electron chi connectivity index (χ3n) is 0.0495. The molecule has 0 aliphatic rings. The minimum atomic E-state index is -3.24. The van der Waals surface area contributed by atoms with E-state index in [1.54, 1.807) is 0 Å². The first-order chi connectivity index (χ1) is 2.27. The Morgan fingerprint density at radius 3 is 1.83 bits per heavy atom. The molecule has 0 N–H and O–H groups in total. The average molecular weight is 110 g/mol. The first-order valence-electron chi connectivity index (χ1n) is 0.642. The van der Waals surface area contributed by atoms with Crippen LogP contribution in [-0.4, -0.2) is 23.1 Å². The Morgan fingerprint density at radius 2 is 1.83 bits per heavy atom. The summed E-state index contributed by atoms with van der Waals surface area (Å²) in [5.74, 6) is 0. The maximum atomic E-state index is 10.3. The monoisotopic (exact) mass is 110 g/mol. The molecule has 0 aromatic heterocycles. The summed E-state index contributed by atoms with van der Waals surface area (Å²) in [4.78, 5) is 0. The van der Waals surface area contributed by atoms with Crippen LogP contribution in [0, 0.1) is 0 Å². The summed E-state index contributed by atoms with van der Waals surface area (Å²) in [6, 6.07) is 0. The molecule has 0 bridgehead atoms. The zero-order valence-electron chi connectivity index (χ0n) is 1.98. The summed E-state index contributed by atoms with van der Waals surface area (Å²) in [6.07, 6.45) is 0. The summed E-state index contributed by atoms with van der Waals surface area (Å²) < 4.78 is 31.0. The van der Waals surface area contributed by atoms with Crippen LogP contribution in [0.1, 0.15) is 0 Å². The van der Waals surface area contributed by atoms with Gasteiger partial charge >= 0.3 is 30.3 Å². The van der Waals surface area contributed by atoms with Crippen LogP contribution in [0.5, 0.6) is 0 Å². The van der Waals surface area contributed by atoms with Crippen LogP contribution >= 0.6 is 0 Å². The van der Waals surface area contributed by atoms with Crippen LogP contribution in [-0.2, 0) is 15.9 Å². The molecular formula is HF2LiO2S. The predicted molar refractivity (Wildman–Crippen MR) is 18.6 cm³/mol. The standard InChI is InChI=1S/F2O2S.Li.H/c1-4-5(2)3;;. The topological polar surface area (TPSA) is 26.3 Å². The Hall–Kier alpha value is 0.567. The van der Waals surface area contributed by atoms with Gasteiger partial charge in [-0.15, -0.1) is 3.89 Å². The fourth-order valence-electron chi connectivity index (χ4n) is 0. The van der Waals surface area contributed by atoms with E-state index in [9.17, 15) is 8.41 Å². The van der Waals surface area contributed by atoms with Gasteiger partial charge in [0.2, 0.25) is 0 Å². The van der Waals surface area contributed by atoms with Crippen molar-refractivity contribution < 1.29 is 17.0 Å². The molecule has 1 unspecified atom stereocenters. The molecule has 0 radical (unpaired) electrons. The van der Waals surface area contributed by atoms with E-state index in [1.165, 1.54) is 0 Å². The zero-order chi connectivity index (χ0) is 4.28. The van der Waals surface area contributed by atoms with E-state index in [1.807, 2.05) is 0 Å². The molecule has 6 heavy (non-hydrogen) atoms. The molecule has 0 aliphatic carbocycles. The van der Waals surface area contributed by atoms with Gasteiger partial charge in [0.15, 0.2) is 0 Å². The van der Waals surface area contributed by atoms with Gasteiger partial charge in [0.05, 0.1) is 0 Å². The molecule has 0 amide bonds. The molecule has 0 saturated heterocycles. The maximum absolute atomic E-state index is 10.3. The van der Waals surface area contributed by atoms with E-state index >= 15 is 0 Å². The summed E-state index contributed by atoms with van der Waals surface area (Å²) in [7, 11) is 0. The second-order valence-corrected chi connectivity index (χ2v) is 0.771. The van der Waals surface area contributed by atoms with Crippen molar-refractivity contribution in [2.45, 2.75) is 0 Å². The zero-order valence-corrected chi connectivity index (χ0v) is 2.80. The number of rotatable bonds is 1. The predicted octanol–water partition coefficient (Wildman–Crippen LogP) is -0.213. The molecule has 1 atom stereocenters. The number of hydrogen-bond acceptors (Lipinski definition) is 2. The number of halogens is 2. The summed E-state index contributed by atoms with van der Waals surface area (Å²) in [6.45, 7) is 0. The van der Waals surface area contributed by atoms with E-state index in [-0.39, 0.29) is 18.9 Å². The van der Waals surface area contributed by atoms with Crippen LogP contribution in [0.3, 0.4) is 0 Å². The Labute approximate surface area is 47.9 Å². The Morgan fingerprint density at radius 1 is 1.67 bits per heavy atom. The molecule has 0 heterocycles. The van der Waals surface area contributed by atoms with Crippen LogP contribution in [0.25, 0.3) is 0 Å². The fourth-order valence-corrected chi connectivity index (χ4v) is 0.